The van der Waals surface area contributed by atoms with Crippen molar-refractivity contribution in [2.24, 2.45) is 0 Å². The first-order chi connectivity index (χ1) is 12.8. The summed E-state index contributed by atoms with van der Waals surface area (Å²) in [5, 5.41) is 5.51. The normalized spacial score (nSPS) is 11.4. The van der Waals surface area contributed by atoms with Crippen LogP contribution in [-0.2, 0) is 11.0 Å². The van der Waals surface area contributed by atoms with Crippen molar-refractivity contribution in [1.82, 2.24) is 4.98 Å². The number of thioether (sulfide) groups is 1. The number of hydrogen-bond donors (Lipinski definition) is 1. The molecule has 0 bridgehead atoms. The fourth-order valence-corrected chi connectivity index (χ4v) is 3.77. The molecule has 1 aromatic heterocycles. The van der Waals surface area contributed by atoms with Crippen LogP contribution in [0.1, 0.15) is 5.56 Å². The number of halogens is 4. The van der Waals surface area contributed by atoms with Crippen LogP contribution in [0, 0.1) is 0 Å². The Morgan fingerprint density at radius 2 is 1.93 bits per heavy atom. The lowest BCUT2D eigenvalue weighted by Crippen LogP contribution is -2.13. The minimum atomic E-state index is -4.40. The second kappa shape index (κ2) is 8.33. The number of anilines is 1. The number of benzene rings is 2. The van der Waals surface area contributed by atoms with Gasteiger partial charge in [-0.25, -0.2) is 4.98 Å². The van der Waals surface area contributed by atoms with Gasteiger partial charge in [-0.1, -0.05) is 29.8 Å². The van der Waals surface area contributed by atoms with E-state index in [0.29, 0.717) is 20.7 Å². The molecule has 0 aliphatic carbocycles. The highest BCUT2D eigenvalue weighted by Gasteiger charge is 2.30. The molecule has 1 heterocycles. The number of alkyl halides is 3. The third-order valence-corrected chi connectivity index (χ3v) is 5.43. The van der Waals surface area contributed by atoms with Gasteiger partial charge in [-0.3, -0.25) is 4.79 Å². The molecule has 0 saturated carbocycles. The Labute approximate surface area is 166 Å². The van der Waals surface area contributed by atoms with Gasteiger partial charge in [0.05, 0.1) is 17.0 Å². The Morgan fingerprint density at radius 1 is 1.19 bits per heavy atom. The van der Waals surface area contributed by atoms with E-state index in [2.05, 4.69) is 10.3 Å². The highest BCUT2D eigenvalue weighted by atomic mass is 35.5. The fraction of sp³-hybridized carbons (Fsp3) is 0.111. The van der Waals surface area contributed by atoms with Crippen molar-refractivity contribution >= 4 is 45.7 Å². The number of hydrogen-bond acceptors (Lipinski definition) is 4. The van der Waals surface area contributed by atoms with Crippen LogP contribution < -0.4 is 5.32 Å². The zero-order valence-electron chi connectivity index (χ0n) is 13.6. The topological polar surface area (TPSA) is 42.0 Å². The third kappa shape index (κ3) is 5.47. The van der Waals surface area contributed by atoms with Crippen LogP contribution in [0.15, 0.2) is 58.8 Å². The van der Waals surface area contributed by atoms with Crippen LogP contribution in [0.25, 0.3) is 11.3 Å². The molecule has 3 rings (SSSR count). The zero-order valence-corrected chi connectivity index (χ0v) is 16.0. The van der Waals surface area contributed by atoms with E-state index < -0.39 is 11.7 Å². The molecule has 0 spiro atoms. The van der Waals surface area contributed by atoms with E-state index in [1.54, 1.807) is 17.5 Å². The first kappa shape index (κ1) is 19.7. The summed E-state index contributed by atoms with van der Waals surface area (Å²) in [4.78, 5) is 16.8. The Morgan fingerprint density at radius 3 is 2.63 bits per heavy atom. The van der Waals surface area contributed by atoms with Crippen LogP contribution in [0.5, 0.6) is 0 Å². The molecule has 0 aliphatic rings. The first-order valence-electron chi connectivity index (χ1n) is 7.62. The molecule has 3 aromatic rings. The second-order valence-corrected chi connectivity index (χ2v) is 7.75. The van der Waals surface area contributed by atoms with Gasteiger partial charge in [0.25, 0.3) is 0 Å². The van der Waals surface area contributed by atoms with E-state index in [-0.39, 0.29) is 11.7 Å². The highest BCUT2D eigenvalue weighted by molar-refractivity contribution is 8.00. The molecule has 1 amide bonds. The van der Waals surface area contributed by atoms with E-state index in [9.17, 15) is 18.0 Å². The van der Waals surface area contributed by atoms with Gasteiger partial charge in [0.1, 0.15) is 0 Å². The summed E-state index contributed by atoms with van der Waals surface area (Å²) in [6.07, 6.45) is -4.40. The molecule has 0 radical (unpaired) electrons. The van der Waals surface area contributed by atoms with Crippen LogP contribution in [-0.4, -0.2) is 16.6 Å². The molecule has 0 fully saturated rings. The molecule has 1 N–H and O–H groups in total. The number of carbonyl (C=O) groups excluding carboxylic acids is 1. The first-order valence-corrected chi connectivity index (χ1v) is 9.87. The quantitative estimate of drug-likeness (QED) is 0.491. The lowest BCUT2D eigenvalue weighted by Gasteiger charge is -2.08. The maximum Gasteiger partial charge on any atom is 0.416 e. The molecule has 0 aliphatic heterocycles. The standard InChI is InChI=1S/C18H12ClF3N2OS2/c19-13-6-4-11(5-7-13)15-9-27-17(23-15)24-16(25)10-26-14-3-1-2-12(8-14)18(20,21)22/h1-9H,10H2,(H,23,24,25). The summed E-state index contributed by atoms with van der Waals surface area (Å²) in [6.45, 7) is 0. The molecular formula is C18H12ClF3N2OS2. The number of rotatable bonds is 5. The van der Waals surface area contributed by atoms with E-state index in [4.69, 9.17) is 11.6 Å². The molecule has 3 nitrogen and oxygen atoms in total. The van der Waals surface area contributed by atoms with Crippen LogP contribution in [0.3, 0.4) is 0 Å². The Balaban J connectivity index is 1.58. The van der Waals surface area contributed by atoms with E-state index in [1.165, 1.54) is 23.5 Å². The van der Waals surface area contributed by atoms with Crippen molar-refractivity contribution in [3.8, 4) is 11.3 Å². The summed E-state index contributed by atoms with van der Waals surface area (Å²) < 4.78 is 38.1. The van der Waals surface area contributed by atoms with Crippen molar-refractivity contribution in [2.75, 3.05) is 11.1 Å². The van der Waals surface area contributed by atoms with Gasteiger partial charge < -0.3 is 5.32 Å². The highest BCUT2D eigenvalue weighted by Crippen LogP contribution is 2.32. The van der Waals surface area contributed by atoms with Gasteiger partial charge in [-0.2, -0.15) is 13.2 Å². The largest absolute Gasteiger partial charge is 0.416 e. The lowest BCUT2D eigenvalue weighted by molar-refractivity contribution is -0.137. The van der Waals surface area contributed by atoms with Crippen molar-refractivity contribution in [3.05, 3.63) is 64.5 Å². The summed E-state index contributed by atoms with van der Waals surface area (Å²) >= 11 is 8.16. The molecule has 9 heteroatoms. The van der Waals surface area contributed by atoms with E-state index >= 15 is 0 Å². The van der Waals surface area contributed by atoms with Gasteiger partial charge in [-0.15, -0.1) is 23.1 Å². The van der Waals surface area contributed by atoms with Crippen molar-refractivity contribution in [2.45, 2.75) is 11.1 Å². The molecule has 0 atom stereocenters. The van der Waals surface area contributed by atoms with Crippen LogP contribution >= 0.6 is 34.7 Å². The summed E-state index contributed by atoms with van der Waals surface area (Å²) in [5.74, 6) is -0.355. The maximum atomic E-state index is 12.7. The van der Waals surface area contributed by atoms with Gasteiger partial charge in [0.2, 0.25) is 5.91 Å². The Bertz CT molecular complexity index is 942. The van der Waals surface area contributed by atoms with Gasteiger partial charge in [-0.05, 0) is 30.3 Å². The summed E-state index contributed by atoms with van der Waals surface area (Å²) in [5.41, 5.74) is 0.840. The average molecular weight is 429 g/mol. The molecule has 0 saturated heterocycles. The average Bonchev–Trinajstić information content (AvgIpc) is 3.08. The minimum absolute atomic E-state index is 0.0167. The predicted molar refractivity (Wildman–Crippen MR) is 103 cm³/mol. The maximum absolute atomic E-state index is 12.7. The predicted octanol–water partition coefficient (Wildman–Crippen LogP) is 6.21. The van der Waals surface area contributed by atoms with Gasteiger partial charge in [0, 0.05) is 20.9 Å². The number of aromatic nitrogens is 1. The summed E-state index contributed by atoms with van der Waals surface area (Å²) in [7, 11) is 0. The molecule has 140 valence electrons. The van der Waals surface area contributed by atoms with E-state index in [1.807, 2.05) is 12.1 Å². The number of carbonyl (C=O) groups is 1. The molecular weight excluding hydrogens is 417 g/mol. The number of thiazole rings is 1. The lowest BCUT2D eigenvalue weighted by atomic mass is 10.2. The molecule has 0 unspecified atom stereocenters. The Hall–Kier alpha value is -2.03. The van der Waals surface area contributed by atoms with Crippen molar-refractivity contribution in [3.63, 3.8) is 0 Å². The fourth-order valence-electron chi connectivity index (χ4n) is 2.15. The van der Waals surface area contributed by atoms with Gasteiger partial charge in [0.15, 0.2) is 5.13 Å². The van der Waals surface area contributed by atoms with E-state index in [0.717, 1.165) is 29.5 Å². The SMILES string of the molecule is O=C(CSc1cccc(C(F)(F)F)c1)Nc1nc(-c2ccc(Cl)cc2)cs1. The van der Waals surface area contributed by atoms with Crippen LogP contribution in [0.4, 0.5) is 18.3 Å². The smallest absolute Gasteiger partial charge is 0.301 e. The second-order valence-electron chi connectivity index (χ2n) is 5.41. The number of nitrogens with one attached hydrogen (secondary N) is 1. The van der Waals surface area contributed by atoms with Crippen molar-refractivity contribution in [1.29, 1.82) is 0 Å². The summed E-state index contributed by atoms with van der Waals surface area (Å²) in [6, 6.07) is 12.0. The molecule has 27 heavy (non-hydrogen) atoms. The van der Waals surface area contributed by atoms with Crippen molar-refractivity contribution < 1.29 is 18.0 Å². The monoisotopic (exact) mass is 428 g/mol. The Kier molecular flexibility index (Phi) is 6.08. The van der Waals surface area contributed by atoms with Crippen LogP contribution in [0.2, 0.25) is 5.02 Å². The zero-order chi connectivity index (χ0) is 19.4. The van der Waals surface area contributed by atoms with Gasteiger partial charge >= 0.3 is 6.18 Å². The number of amides is 1. The molecule has 2 aromatic carbocycles. The third-order valence-electron chi connectivity index (χ3n) is 3.42. The minimum Gasteiger partial charge on any atom is -0.301 e. The number of nitrogens with zero attached hydrogens (tertiary/aromatic N) is 1.